The van der Waals surface area contributed by atoms with Gasteiger partial charge in [-0.3, -0.25) is 4.79 Å². The molecule has 1 aliphatic carbocycles. The zero-order valence-corrected chi connectivity index (χ0v) is 18.9. The van der Waals surface area contributed by atoms with Crippen molar-refractivity contribution in [1.82, 2.24) is 5.32 Å². The van der Waals surface area contributed by atoms with Gasteiger partial charge >= 0.3 is 5.91 Å². The van der Waals surface area contributed by atoms with Gasteiger partial charge in [0.2, 0.25) is 0 Å². The first-order valence-electron chi connectivity index (χ1n) is 10.2. The van der Waals surface area contributed by atoms with Gasteiger partial charge in [0, 0.05) is 34.7 Å². The number of rotatable bonds is 3. The van der Waals surface area contributed by atoms with Gasteiger partial charge in [0.15, 0.2) is 0 Å². The van der Waals surface area contributed by atoms with E-state index in [1.54, 1.807) is 11.3 Å². The smallest absolute Gasteiger partial charge is 0.337 e. The van der Waals surface area contributed by atoms with Crippen molar-refractivity contribution in [1.29, 1.82) is 0 Å². The van der Waals surface area contributed by atoms with Crippen LogP contribution in [-0.4, -0.2) is 11.7 Å². The van der Waals surface area contributed by atoms with Crippen LogP contribution in [0.3, 0.4) is 0 Å². The van der Waals surface area contributed by atoms with Crippen LogP contribution in [0.5, 0.6) is 0 Å². The number of nitrogens with one attached hydrogen (secondary N) is 3. The molecular weight excluding hydrogens is 394 g/mol. The lowest BCUT2D eigenvalue weighted by Crippen LogP contribution is -2.44. The molecule has 0 fully saturated rings. The van der Waals surface area contributed by atoms with E-state index in [0.29, 0.717) is 17.8 Å². The average Bonchev–Trinajstić information content (AvgIpc) is 3.07. The van der Waals surface area contributed by atoms with Gasteiger partial charge in [-0.15, -0.1) is 11.3 Å². The van der Waals surface area contributed by atoms with Crippen LogP contribution >= 0.6 is 11.3 Å². The van der Waals surface area contributed by atoms with Crippen LogP contribution in [0.1, 0.15) is 49.1 Å². The maximum atomic E-state index is 13.4. The molecule has 0 saturated heterocycles. The Kier molecular flexibility index (Phi) is 5.14. The molecule has 0 aromatic carbocycles. The van der Waals surface area contributed by atoms with Crippen molar-refractivity contribution in [2.24, 2.45) is 11.3 Å². The van der Waals surface area contributed by atoms with Crippen LogP contribution in [0.25, 0.3) is 0 Å². The highest BCUT2D eigenvalue weighted by atomic mass is 32.1. The summed E-state index contributed by atoms with van der Waals surface area (Å²) in [4.78, 5) is 30.9. The Labute approximate surface area is 181 Å². The Bertz CT molecular complexity index is 1080. The Morgan fingerprint density at radius 3 is 2.60 bits per heavy atom. The molecule has 156 valence electrons. The Morgan fingerprint density at radius 1 is 1.20 bits per heavy atom. The molecule has 3 N–H and O–H groups in total. The lowest BCUT2D eigenvalue weighted by molar-refractivity contribution is -0.361. The fraction of sp³-hybridized carbons (Fsp3) is 0.375. The van der Waals surface area contributed by atoms with Crippen LogP contribution in [0.4, 0.5) is 5.82 Å². The number of carbonyl (C=O) groups excluding carboxylic acids is 2. The van der Waals surface area contributed by atoms with Gasteiger partial charge in [-0.05, 0) is 54.8 Å². The number of aryl methyl sites for hydroxylation is 2. The second kappa shape index (κ2) is 7.51. The summed E-state index contributed by atoms with van der Waals surface area (Å²) < 4.78 is 0. The van der Waals surface area contributed by atoms with Gasteiger partial charge in [-0.25, -0.2) is 15.1 Å². The van der Waals surface area contributed by atoms with Crippen molar-refractivity contribution in [2.75, 3.05) is 5.32 Å². The minimum absolute atomic E-state index is 0.183. The maximum absolute atomic E-state index is 13.4. The van der Waals surface area contributed by atoms with Gasteiger partial charge < -0.3 is 5.32 Å². The summed E-state index contributed by atoms with van der Waals surface area (Å²) in [6.45, 7) is 10.1. The molecule has 30 heavy (non-hydrogen) atoms. The molecule has 2 atom stereocenters. The van der Waals surface area contributed by atoms with Gasteiger partial charge in [0.25, 0.3) is 5.82 Å². The van der Waals surface area contributed by atoms with E-state index in [4.69, 9.17) is 0 Å². The van der Waals surface area contributed by atoms with E-state index in [0.717, 1.165) is 27.4 Å². The van der Waals surface area contributed by atoms with E-state index in [2.05, 4.69) is 41.6 Å². The number of thiophene rings is 1. The number of fused-ring (bicyclic) bond motifs is 1. The molecule has 2 aromatic heterocycles. The molecule has 2 aromatic rings. The third kappa shape index (κ3) is 3.72. The summed E-state index contributed by atoms with van der Waals surface area (Å²) in [5.41, 5.74) is 4.35. The summed E-state index contributed by atoms with van der Waals surface area (Å²) in [5.74, 6) is -0.0181. The Hall–Kier alpha value is -2.73. The molecule has 0 saturated carbocycles. The van der Waals surface area contributed by atoms with Crippen molar-refractivity contribution < 1.29 is 14.6 Å². The molecule has 0 bridgehead atoms. The minimum atomic E-state index is -0.359. The zero-order valence-electron chi connectivity index (χ0n) is 18.1. The predicted molar refractivity (Wildman–Crippen MR) is 119 cm³/mol. The fourth-order valence-electron chi connectivity index (χ4n) is 4.52. The van der Waals surface area contributed by atoms with Crippen LogP contribution in [-0.2, 0) is 9.59 Å². The number of pyridine rings is 1. The van der Waals surface area contributed by atoms with Crippen LogP contribution in [0, 0.1) is 25.2 Å². The van der Waals surface area contributed by atoms with E-state index < -0.39 is 0 Å². The van der Waals surface area contributed by atoms with E-state index >= 15 is 0 Å². The summed E-state index contributed by atoms with van der Waals surface area (Å²) in [7, 11) is 0. The average molecular weight is 423 g/mol. The standard InChI is InChI=1S/C24H27N3O2S/c1-13-6-7-18(25-12-13)27-23(29)19-15(3)26-16-10-24(4,5)11-17(28)20(16)21(19)22-14(2)8-9-30-22/h6-10,12,20-21,26H,11H2,1-5H3,(H,25,27,29)/p+1. The van der Waals surface area contributed by atoms with Crippen molar-refractivity contribution >= 4 is 28.8 Å². The topological polar surface area (TPSA) is 72.3 Å². The first-order valence-corrected chi connectivity index (χ1v) is 11.1. The fourth-order valence-corrected chi connectivity index (χ4v) is 5.60. The van der Waals surface area contributed by atoms with E-state index in [-0.39, 0.29) is 28.9 Å². The van der Waals surface area contributed by atoms with Crippen molar-refractivity contribution in [3.63, 3.8) is 0 Å². The number of carbonyl (C=O) groups is 2. The van der Waals surface area contributed by atoms with Gasteiger partial charge in [-0.1, -0.05) is 19.9 Å². The number of Topliss-reactive ketones (excluding diaryl/α,β-unsaturated/α-hetero) is 1. The normalized spacial score (nSPS) is 22.8. The number of hydrogen-bond donors (Lipinski definition) is 2. The number of hydrogen-bond acceptors (Lipinski definition) is 4. The largest absolute Gasteiger partial charge is 0.362 e. The number of ketones is 1. The lowest BCUT2D eigenvalue weighted by atomic mass is 9.67. The molecule has 6 heteroatoms. The number of allylic oxidation sites excluding steroid dienone is 3. The number of H-pyrrole nitrogens is 1. The van der Waals surface area contributed by atoms with Gasteiger partial charge in [0.1, 0.15) is 5.78 Å². The predicted octanol–water partition coefficient (Wildman–Crippen LogP) is 4.28. The number of aromatic nitrogens is 1. The van der Waals surface area contributed by atoms with Crippen LogP contribution < -0.4 is 15.6 Å². The van der Waals surface area contributed by atoms with Crippen molar-refractivity contribution in [3.05, 3.63) is 68.8 Å². The second-order valence-corrected chi connectivity index (χ2v) is 10.00. The van der Waals surface area contributed by atoms with E-state index in [1.165, 1.54) is 0 Å². The van der Waals surface area contributed by atoms with Crippen molar-refractivity contribution in [2.45, 2.75) is 47.0 Å². The molecule has 0 spiro atoms. The lowest BCUT2D eigenvalue weighted by Gasteiger charge is -2.41. The Morgan fingerprint density at radius 2 is 1.97 bits per heavy atom. The monoisotopic (exact) mass is 422 g/mol. The van der Waals surface area contributed by atoms with Crippen molar-refractivity contribution in [3.8, 4) is 0 Å². The minimum Gasteiger partial charge on any atom is -0.362 e. The maximum Gasteiger partial charge on any atom is 0.337 e. The molecule has 0 radical (unpaired) electrons. The first kappa shape index (κ1) is 20.5. The van der Waals surface area contributed by atoms with Crippen LogP contribution in [0.2, 0.25) is 0 Å². The molecule has 2 unspecified atom stereocenters. The highest BCUT2D eigenvalue weighted by molar-refractivity contribution is 7.10. The Balaban J connectivity index is 1.81. The van der Waals surface area contributed by atoms with Gasteiger partial charge in [-0.2, -0.15) is 0 Å². The van der Waals surface area contributed by atoms with E-state index in [9.17, 15) is 9.59 Å². The van der Waals surface area contributed by atoms with Gasteiger partial charge in [0.05, 0.1) is 17.7 Å². The molecule has 4 rings (SSSR count). The number of aromatic amines is 1. The first-order chi connectivity index (χ1) is 14.2. The summed E-state index contributed by atoms with van der Waals surface area (Å²) in [5, 5.41) is 8.42. The SMILES string of the molecule is CC1=C(C(=O)Nc2ccc(C)c[nH+]2)C(c2sccc2C)C2C(=O)CC(C)(C)C=C2N1. The molecule has 5 nitrogen and oxygen atoms in total. The summed E-state index contributed by atoms with van der Waals surface area (Å²) in [6.07, 6.45) is 4.49. The highest BCUT2D eigenvalue weighted by Gasteiger charge is 2.47. The summed E-state index contributed by atoms with van der Waals surface area (Å²) >= 11 is 1.62. The molecule has 2 aliphatic rings. The molecule has 1 amide bonds. The molecule has 1 aliphatic heterocycles. The molecule has 3 heterocycles. The second-order valence-electron chi connectivity index (χ2n) is 9.05. The van der Waals surface area contributed by atoms with Crippen LogP contribution in [0.15, 0.2) is 52.8 Å². The third-order valence-corrected chi connectivity index (χ3v) is 6.99. The molecular formula is C24H28N3O2S+. The number of anilines is 1. The number of amides is 1. The zero-order chi connectivity index (χ0) is 21.6. The highest BCUT2D eigenvalue weighted by Crippen LogP contribution is 2.48. The quantitative estimate of drug-likeness (QED) is 0.776. The van der Waals surface area contributed by atoms with E-state index in [1.807, 2.05) is 44.5 Å². The summed E-state index contributed by atoms with van der Waals surface area (Å²) in [6, 6.07) is 5.85. The third-order valence-electron chi connectivity index (χ3n) is 5.88.